The monoisotopic (exact) mass is 457 g/mol. The fourth-order valence-corrected chi connectivity index (χ4v) is 3.51. The van der Waals surface area contributed by atoms with E-state index in [1.165, 1.54) is 12.1 Å². The molecule has 0 aliphatic heterocycles. The summed E-state index contributed by atoms with van der Waals surface area (Å²) in [5.41, 5.74) is 3.09. The Bertz CT molecular complexity index is 1260. The van der Waals surface area contributed by atoms with Crippen molar-refractivity contribution in [1.82, 2.24) is 0 Å². The number of nitrogens with zero attached hydrogens (tertiary/aromatic N) is 1. The molecule has 0 saturated carbocycles. The Morgan fingerprint density at radius 3 is 2.40 bits per heavy atom. The van der Waals surface area contributed by atoms with Crippen LogP contribution in [0, 0.1) is 17.1 Å². The van der Waals surface area contributed by atoms with E-state index in [9.17, 15) is 9.65 Å². The highest BCUT2D eigenvalue weighted by atomic mass is 79.9. The molecule has 0 amide bonds. The second kappa shape index (κ2) is 8.94. The van der Waals surface area contributed by atoms with Crippen molar-refractivity contribution in [2.45, 2.75) is 6.61 Å². The number of hydrogen-bond acceptors (Lipinski definition) is 2. The van der Waals surface area contributed by atoms with E-state index in [0.29, 0.717) is 17.9 Å². The number of ether oxygens (including phenoxy) is 1. The number of benzene rings is 4. The Balaban J connectivity index is 1.77. The fraction of sp³-hybridized carbons (Fsp3) is 0.0385. The van der Waals surface area contributed by atoms with E-state index in [-0.39, 0.29) is 5.82 Å². The zero-order valence-electron chi connectivity index (χ0n) is 16.0. The lowest BCUT2D eigenvalue weighted by Crippen LogP contribution is -1.98. The molecule has 0 spiro atoms. The van der Waals surface area contributed by atoms with Crippen molar-refractivity contribution in [1.29, 1.82) is 5.26 Å². The van der Waals surface area contributed by atoms with Gasteiger partial charge >= 0.3 is 0 Å². The van der Waals surface area contributed by atoms with Gasteiger partial charge in [0.15, 0.2) is 0 Å². The van der Waals surface area contributed by atoms with Gasteiger partial charge in [0.05, 0.1) is 11.6 Å². The SMILES string of the molecule is N#C/C(=C\c1c(OCc2ccc(F)cc2)ccc2ccccc12)c1ccc(Br)cc1. The lowest BCUT2D eigenvalue weighted by atomic mass is 9.98. The van der Waals surface area contributed by atoms with Crippen LogP contribution in [0.2, 0.25) is 0 Å². The molecule has 0 aliphatic carbocycles. The Labute approximate surface area is 183 Å². The molecule has 0 aromatic heterocycles. The van der Waals surface area contributed by atoms with Crippen LogP contribution < -0.4 is 4.74 Å². The Hall–Kier alpha value is -3.42. The van der Waals surface area contributed by atoms with Crippen LogP contribution in [0.1, 0.15) is 16.7 Å². The van der Waals surface area contributed by atoms with Crippen molar-refractivity contribution in [2.24, 2.45) is 0 Å². The Morgan fingerprint density at radius 1 is 0.933 bits per heavy atom. The van der Waals surface area contributed by atoms with Crippen molar-refractivity contribution in [3.8, 4) is 11.8 Å². The predicted molar refractivity (Wildman–Crippen MR) is 122 cm³/mol. The first-order valence-electron chi connectivity index (χ1n) is 9.41. The quantitative estimate of drug-likeness (QED) is 0.231. The summed E-state index contributed by atoms with van der Waals surface area (Å²) in [4.78, 5) is 0. The van der Waals surface area contributed by atoms with Gasteiger partial charge in [0, 0.05) is 10.0 Å². The molecule has 0 unspecified atom stereocenters. The molecule has 30 heavy (non-hydrogen) atoms. The highest BCUT2D eigenvalue weighted by molar-refractivity contribution is 9.10. The first-order valence-corrected chi connectivity index (χ1v) is 10.2. The second-order valence-corrected chi connectivity index (χ2v) is 7.71. The summed E-state index contributed by atoms with van der Waals surface area (Å²) in [6.45, 7) is 0.305. The summed E-state index contributed by atoms with van der Waals surface area (Å²) in [5, 5.41) is 11.9. The molecule has 4 rings (SSSR count). The van der Waals surface area contributed by atoms with Crippen molar-refractivity contribution in [3.05, 3.63) is 112 Å². The maximum atomic E-state index is 13.2. The van der Waals surface area contributed by atoms with E-state index in [1.807, 2.05) is 66.7 Å². The summed E-state index contributed by atoms with van der Waals surface area (Å²) in [6, 6.07) is 28.1. The van der Waals surface area contributed by atoms with Crippen molar-refractivity contribution in [3.63, 3.8) is 0 Å². The van der Waals surface area contributed by atoms with Crippen LogP contribution in [0.4, 0.5) is 4.39 Å². The van der Waals surface area contributed by atoms with Crippen LogP contribution in [0.25, 0.3) is 22.4 Å². The largest absolute Gasteiger partial charge is 0.488 e. The molecular weight excluding hydrogens is 441 g/mol. The topological polar surface area (TPSA) is 33.0 Å². The lowest BCUT2D eigenvalue weighted by Gasteiger charge is -2.13. The minimum atomic E-state index is -0.277. The van der Waals surface area contributed by atoms with E-state index in [4.69, 9.17) is 4.74 Å². The van der Waals surface area contributed by atoms with Crippen molar-refractivity contribution < 1.29 is 9.13 Å². The van der Waals surface area contributed by atoms with Gasteiger partial charge in [-0.15, -0.1) is 0 Å². The zero-order valence-corrected chi connectivity index (χ0v) is 17.6. The van der Waals surface area contributed by atoms with E-state index in [2.05, 4.69) is 22.0 Å². The first kappa shape index (κ1) is 19.9. The molecule has 0 saturated heterocycles. The third kappa shape index (κ3) is 4.42. The standard InChI is InChI=1S/C26H17BrFNO/c27-22-10-7-19(8-11-22)21(16-29)15-25-24-4-2-1-3-20(24)9-14-26(25)30-17-18-5-12-23(28)13-6-18/h1-15H,17H2/b21-15+. The zero-order chi connectivity index (χ0) is 20.9. The third-order valence-electron chi connectivity index (χ3n) is 4.80. The van der Waals surface area contributed by atoms with Gasteiger partial charge in [-0.3, -0.25) is 0 Å². The average molecular weight is 458 g/mol. The molecule has 0 fully saturated rings. The van der Waals surface area contributed by atoms with Gasteiger partial charge in [-0.2, -0.15) is 5.26 Å². The molecule has 2 nitrogen and oxygen atoms in total. The molecule has 4 aromatic rings. The van der Waals surface area contributed by atoms with Crippen molar-refractivity contribution in [2.75, 3.05) is 0 Å². The molecule has 146 valence electrons. The number of allylic oxidation sites excluding steroid dienone is 1. The van der Waals surface area contributed by atoms with Gasteiger partial charge in [-0.25, -0.2) is 4.39 Å². The molecule has 0 heterocycles. The normalized spacial score (nSPS) is 11.3. The number of rotatable bonds is 5. The van der Waals surface area contributed by atoms with Crippen LogP contribution in [-0.2, 0) is 6.61 Å². The van der Waals surface area contributed by atoms with Gasteiger partial charge < -0.3 is 4.74 Å². The van der Waals surface area contributed by atoms with Gasteiger partial charge in [-0.05, 0) is 58.3 Å². The summed E-state index contributed by atoms with van der Waals surface area (Å²) in [7, 11) is 0. The number of hydrogen-bond donors (Lipinski definition) is 0. The predicted octanol–water partition coefficient (Wildman–Crippen LogP) is 7.38. The molecule has 0 aliphatic rings. The number of halogens is 2. The number of nitriles is 1. The average Bonchev–Trinajstić information content (AvgIpc) is 2.78. The van der Waals surface area contributed by atoms with Gasteiger partial charge in [0.25, 0.3) is 0 Å². The summed E-state index contributed by atoms with van der Waals surface area (Å²) < 4.78 is 20.2. The van der Waals surface area contributed by atoms with E-state index < -0.39 is 0 Å². The fourth-order valence-electron chi connectivity index (χ4n) is 3.25. The summed E-state index contributed by atoms with van der Waals surface area (Å²) in [6.07, 6.45) is 1.87. The van der Waals surface area contributed by atoms with Gasteiger partial charge in [-0.1, -0.05) is 70.5 Å². The highest BCUT2D eigenvalue weighted by Crippen LogP contribution is 2.32. The minimum absolute atomic E-state index is 0.277. The van der Waals surface area contributed by atoms with Crippen LogP contribution in [0.15, 0.2) is 89.4 Å². The van der Waals surface area contributed by atoms with Crippen LogP contribution in [0.5, 0.6) is 5.75 Å². The molecule has 4 aromatic carbocycles. The minimum Gasteiger partial charge on any atom is -0.488 e. The Morgan fingerprint density at radius 2 is 1.67 bits per heavy atom. The molecule has 0 atom stereocenters. The van der Waals surface area contributed by atoms with Crippen molar-refractivity contribution >= 4 is 38.4 Å². The van der Waals surface area contributed by atoms with E-state index in [0.717, 1.165) is 31.9 Å². The maximum absolute atomic E-state index is 13.2. The second-order valence-electron chi connectivity index (χ2n) is 6.79. The molecule has 4 heteroatoms. The van der Waals surface area contributed by atoms with Gasteiger partial charge in [0.1, 0.15) is 18.2 Å². The molecule has 0 bridgehead atoms. The number of fused-ring (bicyclic) bond motifs is 1. The molecule has 0 radical (unpaired) electrons. The molecular formula is C26H17BrFNO. The van der Waals surface area contributed by atoms with Crippen LogP contribution in [0.3, 0.4) is 0 Å². The maximum Gasteiger partial charge on any atom is 0.127 e. The van der Waals surface area contributed by atoms with E-state index in [1.54, 1.807) is 12.1 Å². The lowest BCUT2D eigenvalue weighted by molar-refractivity contribution is 0.306. The smallest absolute Gasteiger partial charge is 0.127 e. The first-order chi connectivity index (χ1) is 14.6. The van der Waals surface area contributed by atoms with Gasteiger partial charge in [0.2, 0.25) is 0 Å². The van der Waals surface area contributed by atoms with Crippen LogP contribution >= 0.6 is 15.9 Å². The Kier molecular flexibility index (Phi) is 5.92. The van der Waals surface area contributed by atoms with E-state index >= 15 is 0 Å². The highest BCUT2D eigenvalue weighted by Gasteiger charge is 2.10. The summed E-state index contributed by atoms with van der Waals surface area (Å²) >= 11 is 3.43. The molecule has 0 N–H and O–H groups in total. The summed E-state index contributed by atoms with van der Waals surface area (Å²) in [5.74, 6) is 0.393. The third-order valence-corrected chi connectivity index (χ3v) is 5.33. The van der Waals surface area contributed by atoms with Crippen LogP contribution in [-0.4, -0.2) is 0 Å².